The quantitative estimate of drug-likeness (QED) is 0.686. The summed E-state index contributed by atoms with van der Waals surface area (Å²) in [6, 6.07) is 6.40. The third kappa shape index (κ3) is 1.70. The fourth-order valence-corrected chi connectivity index (χ4v) is 1.42. The number of nitrogens with zero attached hydrogens (tertiary/aromatic N) is 2. The molecule has 2 aromatic rings. The lowest BCUT2D eigenvalue weighted by atomic mass is 10.1. The summed E-state index contributed by atoms with van der Waals surface area (Å²) in [6.45, 7) is 0. The Morgan fingerprint density at radius 2 is 1.94 bits per heavy atom. The van der Waals surface area contributed by atoms with Crippen LogP contribution in [0.1, 0.15) is 11.1 Å². The van der Waals surface area contributed by atoms with E-state index < -0.39 is 11.7 Å². The maximum atomic E-state index is 12.4. The van der Waals surface area contributed by atoms with Crippen LogP contribution in [-0.2, 0) is 6.18 Å². The standard InChI is InChI=1S/C11H5F3N2/c12-11(13,14)8-1-2-10-9(5-8)7(6-15)3-4-16-10/h1-5H. The minimum absolute atomic E-state index is 0.191. The van der Waals surface area contributed by atoms with Gasteiger partial charge in [-0.3, -0.25) is 4.98 Å². The lowest BCUT2D eigenvalue weighted by Crippen LogP contribution is -2.04. The zero-order chi connectivity index (χ0) is 11.8. The summed E-state index contributed by atoms with van der Waals surface area (Å²) in [6.07, 6.45) is -3.01. The summed E-state index contributed by atoms with van der Waals surface area (Å²) in [5.74, 6) is 0. The normalized spacial score (nSPS) is 11.4. The highest BCUT2D eigenvalue weighted by Crippen LogP contribution is 2.31. The van der Waals surface area contributed by atoms with E-state index in [-0.39, 0.29) is 10.9 Å². The molecule has 1 aromatic heterocycles. The van der Waals surface area contributed by atoms with Crippen LogP contribution in [0.4, 0.5) is 13.2 Å². The van der Waals surface area contributed by atoms with E-state index >= 15 is 0 Å². The Bertz CT molecular complexity index is 582. The second-order valence-corrected chi connectivity index (χ2v) is 3.20. The molecule has 0 spiro atoms. The largest absolute Gasteiger partial charge is 0.416 e. The van der Waals surface area contributed by atoms with E-state index in [4.69, 9.17) is 5.26 Å². The van der Waals surface area contributed by atoms with Crippen molar-refractivity contribution in [1.82, 2.24) is 4.98 Å². The Morgan fingerprint density at radius 3 is 2.56 bits per heavy atom. The molecule has 1 aromatic carbocycles. The predicted octanol–water partition coefficient (Wildman–Crippen LogP) is 3.13. The van der Waals surface area contributed by atoms with Crippen molar-refractivity contribution in [1.29, 1.82) is 5.26 Å². The molecule has 0 saturated carbocycles. The topological polar surface area (TPSA) is 36.7 Å². The van der Waals surface area contributed by atoms with E-state index in [1.165, 1.54) is 18.3 Å². The number of benzene rings is 1. The van der Waals surface area contributed by atoms with Crippen LogP contribution in [-0.4, -0.2) is 4.98 Å². The zero-order valence-electron chi connectivity index (χ0n) is 7.92. The molecular weight excluding hydrogens is 217 g/mol. The van der Waals surface area contributed by atoms with Crippen LogP contribution in [0.3, 0.4) is 0 Å². The Labute approximate surface area is 89.0 Å². The number of alkyl halides is 3. The van der Waals surface area contributed by atoms with Gasteiger partial charge in [-0.1, -0.05) is 0 Å². The van der Waals surface area contributed by atoms with Crippen LogP contribution in [0.25, 0.3) is 10.9 Å². The van der Waals surface area contributed by atoms with Gasteiger partial charge in [-0.05, 0) is 24.3 Å². The minimum Gasteiger partial charge on any atom is -0.256 e. The van der Waals surface area contributed by atoms with Crippen LogP contribution in [0.2, 0.25) is 0 Å². The van der Waals surface area contributed by atoms with E-state index in [0.29, 0.717) is 5.52 Å². The molecule has 0 aliphatic rings. The maximum absolute atomic E-state index is 12.4. The first-order valence-electron chi connectivity index (χ1n) is 4.38. The first-order chi connectivity index (χ1) is 7.52. The molecular formula is C11H5F3N2. The molecule has 0 aliphatic heterocycles. The van der Waals surface area contributed by atoms with Crippen molar-refractivity contribution in [2.75, 3.05) is 0 Å². The van der Waals surface area contributed by atoms with Crippen LogP contribution < -0.4 is 0 Å². The maximum Gasteiger partial charge on any atom is 0.416 e. The fraction of sp³-hybridized carbons (Fsp3) is 0.0909. The molecule has 0 amide bonds. The van der Waals surface area contributed by atoms with Gasteiger partial charge in [0.1, 0.15) is 0 Å². The Kier molecular flexibility index (Phi) is 2.27. The monoisotopic (exact) mass is 222 g/mol. The molecule has 0 saturated heterocycles. The van der Waals surface area contributed by atoms with Crippen LogP contribution in [0.5, 0.6) is 0 Å². The van der Waals surface area contributed by atoms with Gasteiger partial charge in [-0.15, -0.1) is 0 Å². The average molecular weight is 222 g/mol. The average Bonchev–Trinajstić information content (AvgIpc) is 2.26. The van der Waals surface area contributed by atoms with Gasteiger partial charge in [0.25, 0.3) is 0 Å². The fourth-order valence-electron chi connectivity index (χ4n) is 1.42. The second-order valence-electron chi connectivity index (χ2n) is 3.20. The number of halogens is 3. The van der Waals surface area contributed by atoms with E-state index in [1.54, 1.807) is 0 Å². The number of aromatic nitrogens is 1. The number of fused-ring (bicyclic) bond motifs is 1. The van der Waals surface area contributed by atoms with Crippen LogP contribution >= 0.6 is 0 Å². The molecule has 0 bridgehead atoms. The first-order valence-corrected chi connectivity index (χ1v) is 4.38. The summed E-state index contributed by atoms with van der Waals surface area (Å²) in [5, 5.41) is 8.99. The van der Waals surface area contributed by atoms with Crippen molar-refractivity contribution in [2.24, 2.45) is 0 Å². The molecule has 2 nitrogen and oxygen atoms in total. The van der Waals surface area contributed by atoms with Gasteiger partial charge in [0.15, 0.2) is 0 Å². The molecule has 2 rings (SSSR count). The van der Waals surface area contributed by atoms with E-state index in [2.05, 4.69) is 4.98 Å². The van der Waals surface area contributed by atoms with Crippen molar-refractivity contribution in [3.63, 3.8) is 0 Å². The molecule has 0 radical (unpaired) electrons. The summed E-state index contributed by atoms with van der Waals surface area (Å²) in [4.78, 5) is 3.89. The highest BCUT2D eigenvalue weighted by Gasteiger charge is 2.30. The number of rotatable bonds is 0. The molecule has 80 valence electrons. The summed E-state index contributed by atoms with van der Waals surface area (Å²) in [7, 11) is 0. The van der Waals surface area contributed by atoms with Gasteiger partial charge in [0, 0.05) is 11.6 Å². The van der Waals surface area contributed by atoms with Gasteiger partial charge in [0.05, 0.1) is 22.7 Å². The Balaban J connectivity index is 2.75. The predicted molar refractivity (Wildman–Crippen MR) is 51.5 cm³/mol. The first kappa shape index (κ1) is 10.4. The molecule has 1 heterocycles. The minimum atomic E-state index is -4.41. The van der Waals surface area contributed by atoms with E-state index in [1.807, 2.05) is 6.07 Å². The zero-order valence-corrected chi connectivity index (χ0v) is 7.92. The van der Waals surface area contributed by atoms with Gasteiger partial charge in [-0.2, -0.15) is 18.4 Å². The Hall–Kier alpha value is -2.09. The third-order valence-corrected chi connectivity index (χ3v) is 2.19. The van der Waals surface area contributed by atoms with Gasteiger partial charge in [-0.25, -0.2) is 0 Å². The van der Waals surface area contributed by atoms with Crippen molar-refractivity contribution in [3.05, 3.63) is 41.6 Å². The van der Waals surface area contributed by atoms with Crippen molar-refractivity contribution >= 4 is 10.9 Å². The van der Waals surface area contributed by atoms with Crippen molar-refractivity contribution < 1.29 is 13.2 Å². The van der Waals surface area contributed by atoms with E-state index in [0.717, 1.165) is 12.1 Å². The second kappa shape index (κ2) is 3.49. The van der Waals surface area contributed by atoms with Gasteiger partial charge < -0.3 is 0 Å². The van der Waals surface area contributed by atoms with E-state index in [9.17, 15) is 13.2 Å². The van der Waals surface area contributed by atoms with Crippen molar-refractivity contribution in [3.8, 4) is 6.07 Å². The molecule has 0 fully saturated rings. The molecule has 16 heavy (non-hydrogen) atoms. The van der Waals surface area contributed by atoms with Crippen LogP contribution in [0, 0.1) is 11.3 Å². The van der Waals surface area contributed by atoms with Crippen molar-refractivity contribution in [2.45, 2.75) is 6.18 Å². The SMILES string of the molecule is N#Cc1ccnc2ccc(C(F)(F)F)cc12. The molecule has 5 heteroatoms. The number of hydrogen-bond donors (Lipinski definition) is 0. The highest BCUT2D eigenvalue weighted by molar-refractivity contribution is 5.85. The molecule has 0 aliphatic carbocycles. The number of hydrogen-bond acceptors (Lipinski definition) is 2. The summed E-state index contributed by atoms with van der Waals surface area (Å²) < 4.78 is 37.3. The van der Waals surface area contributed by atoms with Gasteiger partial charge in [0.2, 0.25) is 0 Å². The van der Waals surface area contributed by atoms with Crippen LogP contribution in [0.15, 0.2) is 30.5 Å². The Morgan fingerprint density at radius 1 is 1.19 bits per heavy atom. The lowest BCUT2D eigenvalue weighted by Gasteiger charge is -2.07. The number of nitriles is 1. The van der Waals surface area contributed by atoms with Gasteiger partial charge >= 0.3 is 6.18 Å². The third-order valence-electron chi connectivity index (χ3n) is 2.19. The lowest BCUT2D eigenvalue weighted by molar-refractivity contribution is -0.137. The molecule has 0 atom stereocenters. The molecule has 0 N–H and O–H groups in total. The summed E-state index contributed by atoms with van der Waals surface area (Å²) in [5.41, 5.74) is -0.201. The number of pyridine rings is 1. The highest BCUT2D eigenvalue weighted by atomic mass is 19.4. The molecule has 0 unspecified atom stereocenters. The summed E-state index contributed by atoms with van der Waals surface area (Å²) >= 11 is 0. The smallest absolute Gasteiger partial charge is 0.256 e.